The molecule has 0 aliphatic heterocycles. The van der Waals surface area contributed by atoms with Crippen molar-refractivity contribution < 1.29 is 8.42 Å². The number of nitrogens with one attached hydrogen (secondary N) is 3. The number of anilines is 1. The highest BCUT2D eigenvalue weighted by atomic mass is 35.5. The summed E-state index contributed by atoms with van der Waals surface area (Å²) in [6.07, 6.45) is 0. The van der Waals surface area contributed by atoms with Crippen molar-refractivity contribution in [1.29, 1.82) is 0 Å². The molecule has 0 saturated heterocycles. The zero-order valence-corrected chi connectivity index (χ0v) is 14.9. The Balaban J connectivity index is 2.13. The van der Waals surface area contributed by atoms with Crippen molar-refractivity contribution >= 4 is 38.3 Å². The van der Waals surface area contributed by atoms with Gasteiger partial charge in [-0.05, 0) is 55.3 Å². The minimum Gasteiger partial charge on any atom is -0.316 e. The van der Waals surface area contributed by atoms with Gasteiger partial charge in [0.05, 0.1) is 21.6 Å². The van der Waals surface area contributed by atoms with E-state index in [1.54, 1.807) is 32.0 Å². The molecule has 130 valence electrons. The Bertz CT molecular complexity index is 1210. The molecule has 0 aliphatic carbocycles. The number of benzene rings is 2. The van der Waals surface area contributed by atoms with Gasteiger partial charge in [-0.3, -0.25) is 14.3 Å². The molecule has 0 unspecified atom stereocenters. The van der Waals surface area contributed by atoms with Crippen LogP contribution < -0.4 is 15.8 Å². The predicted octanol–water partition coefficient (Wildman–Crippen LogP) is 2.29. The van der Waals surface area contributed by atoms with E-state index < -0.39 is 21.1 Å². The highest BCUT2D eigenvalue weighted by Crippen LogP contribution is 2.25. The highest BCUT2D eigenvalue weighted by molar-refractivity contribution is 7.92. The van der Waals surface area contributed by atoms with Crippen LogP contribution >= 0.6 is 11.6 Å². The Morgan fingerprint density at radius 1 is 0.920 bits per heavy atom. The summed E-state index contributed by atoms with van der Waals surface area (Å²) < 4.78 is 28.0. The molecule has 2 aromatic carbocycles. The summed E-state index contributed by atoms with van der Waals surface area (Å²) in [6.45, 7) is 3.34. The molecule has 0 saturated carbocycles. The smallest absolute Gasteiger partial charge is 0.314 e. The first-order chi connectivity index (χ1) is 11.7. The van der Waals surface area contributed by atoms with E-state index >= 15 is 0 Å². The number of aromatic amines is 2. The summed E-state index contributed by atoms with van der Waals surface area (Å²) in [5.74, 6) is 0. The highest BCUT2D eigenvalue weighted by Gasteiger charge is 2.19. The number of hydrogen-bond donors (Lipinski definition) is 3. The van der Waals surface area contributed by atoms with E-state index in [9.17, 15) is 18.0 Å². The molecule has 3 N–H and O–H groups in total. The van der Waals surface area contributed by atoms with Crippen LogP contribution in [0.1, 0.15) is 11.1 Å². The van der Waals surface area contributed by atoms with Crippen LogP contribution in [0.4, 0.5) is 5.69 Å². The van der Waals surface area contributed by atoms with Crippen LogP contribution in [0.2, 0.25) is 5.02 Å². The zero-order chi connectivity index (χ0) is 18.4. The van der Waals surface area contributed by atoms with Gasteiger partial charge in [0.2, 0.25) is 0 Å². The van der Waals surface area contributed by atoms with Gasteiger partial charge in [0, 0.05) is 5.02 Å². The first-order valence-electron chi connectivity index (χ1n) is 7.23. The fourth-order valence-electron chi connectivity index (χ4n) is 2.48. The first-order valence-corrected chi connectivity index (χ1v) is 9.09. The van der Waals surface area contributed by atoms with Crippen LogP contribution in [-0.4, -0.2) is 18.4 Å². The van der Waals surface area contributed by atoms with Crippen LogP contribution in [0, 0.1) is 13.8 Å². The van der Waals surface area contributed by atoms with E-state index in [1.165, 1.54) is 12.1 Å². The van der Waals surface area contributed by atoms with Gasteiger partial charge >= 0.3 is 11.1 Å². The maximum atomic E-state index is 12.7. The lowest BCUT2D eigenvalue weighted by Gasteiger charge is -2.13. The lowest BCUT2D eigenvalue weighted by atomic mass is 10.2. The Morgan fingerprint density at radius 2 is 1.52 bits per heavy atom. The third kappa shape index (κ3) is 3.31. The fourth-order valence-corrected chi connectivity index (χ4v) is 4.09. The Kier molecular flexibility index (Phi) is 4.18. The molecule has 25 heavy (non-hydrogen) atoms. The first kappa shape index (κ1) is 17.2. The standard InChI is InChI=1S/C16H14ClN3O4S/c1-8-5-10(17)3-4-11(8)20-25(23,24)14-7-13-12(6-9(14)2)18-15(21)16(22)19-13/h3-7,20H,1-2H3,(H,18,21)(H,19,22). The molecule has 0 spiro atoms. The Morgan fingerprint density at radius 3 is 2.12 bits per heavy atom. The van der Waals surface area contributed by atoms with Gasteiger partial charge in [0.15, 0.2) is 0 Å². The molecule has 0 amide bonds. The van der Waals surface area contributed by atoms with E-state index in [2.05, 4.69) is 14.7 Å². The molecule has 9 heteroatoms. The summed E-state index contributed by atoms with van der Waals surface area (Å²) in [5.41, 5.74) is 0.436. The average molecular weight is 380 g/mol. The van der Waals surface area contributed by atoms with Crippen molar-refractivity contribution in [1.82, 2.24) is 9.97 Å². The number of halogens is 1. The lowest BCUT2D eigenvalue weighted by molar-refractivity contribution is 0.600. The van der Waals surface area contributed by atoms with Gasteiger partial charge in [-0.15, -0.1) is 0 Å². The summed E-state index contributed by atoms with van der Waals surface area (Å²) in [4.78, 5) is 27.6. The van der Waals surface area contributed by atoms with E-state index in [4.69, 9.17) is 11.6 Å². The zero-order valence-electron chi connectivity index (χ0n) is 13.3. The quantitative estimate of drug-likeness (QED) is 0.606. The normalized spacial score (nSPS) is 11.6. The molecular weight excluding hydrogens is 366 g/mol. The monoisotopic (exact) mass is 379 g/mol. The maximum Gasteiger partial charge on any atom is 0.314 e. The molecule has 1 aromatic heterocycles. The summed E-state index contributed by atoms with van der Waals surface area (Å²) in [5, 5.41) is 0.504. The van der Waals surface area contributed by atoms with Gasteiger partial charge in [0.25, 0.3) is 10.0 Å². The molecule has 0 aliphatic rings. The fraction of sp³-hybridized carbons (Fsp3) is 0.125. The second-order valence-electron chi connectivity index (χ2n) is 5.64. The number of hydrogen-bond acceptors (Lipinski definition) is 4. The van der Waals surface area contributed by atoms with Gasteiger partial charge in [-0.25, -0.2) is 8.42 Å². The molecule has 0 radical (unpaired) electrons. The summed E-state index contributed by atoms with van der Waals surface area (Å²) >= 11 is 5.88. The van der Waals surface area contributed by atoms with E-state index in [-0.39, 0.29) is 10.4 Å². The number of sulfonamides is 1. The number of fused-ring (bicyclic) bond motifs is 1. The van der Waals surface area contributed by atoms with Gasteiger partial charge < -0.3 is 9.97 Å². The molecule has 0 fully saturated rings. The minimum absolute atomic E-state index is 0.00273. The molecule has 0 atom stereocenters. The lowest BCUT2D eigenvalue weighted by Crippen LogP contribution is -2.29. The second kappa shape index (κ2) is 6.05. The van der Waals surface area contributed by atoms with Crippen molar-refractivity contribution in [2.24, 2.45) is 0 Å². The molecule has 1 heterocycles. The summed E-state index contributed by atoms with van der Waals surface area (Å²) in [6, 6.07) is 7.62. The minimum atomic E-state index is -3.90. The van der Waals surface area contributed by atoms with Crippen LogP contribution in [0.5, 0.6) is 0 Å². The van der Waals surface area contributed by atoms with E-state index in [0.29, 0.717) is 27.4 Å². The van der Waals surface area contributed by atoms with Crippen molar-refractivity contribution in [3.8, 4) is 0 Å². The number of aryl methyl sites for hydroxylation is 2. The SMILES string of the molecule is Cc1cc(Cl)ccc1NS(=O)(=O)c1cc2[nH]c(=O)c(=O)[nH]c2cc1C. The number of H-pyrrole nitrogens is 2. The topological polar surface area (TPSA) is 112 Å². The van der Waals surface area contributed by atoms with Crippen LogP contribution in [0.25, 0.3) is 11.0 Å². The van der Waals surface area contributed by atoms with Crippen molar-refractivity contribution in [2.45, 2.75) is 18.7 Å². The van der Waals surface area contributed by atoms with Gasteiger partial charge in [0.1, 0.15) is 0 Å². The van der Waals surface area contributed by atoms with Crippen molar-refractivity contribution in [3.63, 3.8) is 0 Å². The Hall–Kier alpha value is -2.58. The average Bonchev–Trinajstić information content (AvgIpc) is 2.51. The molecule has 3 aromatic rings. The van der Waals surface area contributed by atoms with Gasteiger partial charge in [-0.2, -0.15) is 0 Å². The van der Waals surface area contributed by atoms with Crippen LogP contribution in [0.15, 0.2) is 44.8 Å². The molecule has 7 nitrogen and oxygen atoms in total. The van der Waals surface area contributed by atoms with Crippen molar-refractivity contribution in [3.05, 3.63) is 67.2 Å². The van der Waals surface area contributed by atoms with Gasteiger partial charge in [-0.1, -0.05) is 11.6 Å². The Labute approximate surface area is 147 Å². The predicted molar refractivity (Wildman–Crippen MR) is 96.9 cm³/mol. The third-order valence-electron chi connectivity index (χ3n) is 3.74. The van der Waals surface area contributed by atoms with Crippen LogP contribution in [-0.2, 0) is 10.0 Å². The number of aromatic nitrogens is 2. The van der Waals surface area contributed by atoms with Crippen molar-refractivity contribution in [2.75, 3.05) is 4.72 Å². The maximum absolute atomic E-state index is 12.7. The second-order valence-corrected chi connectivity index (χ2v) is 7.72. The largest absolute Gasteiger partial charge is 0.316 e. The van der Waals surface area contributed by atoms with E-state index in [0.717, 1.165) is 0 Å². The molecule has 0 bridgehead atoms. The van der Waals surface area contributed by atoms with Crippen LogP contribution in [0.3, 0.4) is 0 Å². The molecule has 3 rings (SSSR count). The molecular formula is C16H14ClN3O4S. The van der Waals surface area contributed by atoms with E-state index in [1.807, 2.05) is 0 Å². The summed E-state index contributed by atoms with van der Waals surface area (Å²) in [7, 11) is -3.90. The third-order valence-corrected chi connectivity index (χ3v) is 5.48. The number of rotatable bonds is 3.